The van der Waals surface area contributed by atoms with Gasteiger partial charge in [0.25, 0.3) is 15.9 Å². The third kappa shape index (κ3) is 12.4. The third-order valence-electron chi connectivity index (χ3n) is 10.4. The number of carbonyl (C=O) groups is 2. The zero-order chi connectivity index (χ0) is 41.9. The number of nitriles is 2. The summed E-state index contributed by atoms with van der Waals surface area (Å²) in [7, 11) is -2.72. The number of rotatable bonds is 23. The Kier molecular flexibility index (Phi) is 18.2. The van der Waals surface area contributed by atoms with Gasteiger partial charge < -0.3 is 19.7 Å². The Hall–Kier alpha value is -5.21. The second-order valence-corrected chi connectivity index (χ2v) is 16.5. The van der Waals surface area contributed by atoms with Crippen LogP contribution in [-0.2, 0) is 19.6 Å². The normalized spacial score (nSPS) is 14.8. The first-order valence-corrected chi connectivity index (χ1v) is 22.2. The summed E-state index contributed by atoms with van der Waals surface area (Å²) < 4.78 is 40.4. The topological polar surface area (TPSA) is 178 Å². The molecule has 0 radical (unpaired) electrons. The number of sulfonamides is 1. The number of hydrogen-bond acceptors (Lipinski definition) is 11. The van der Waals surface area contributed by atoms with Crippen molar-refractivity contribution >= 4 is 50.5 Å². The average Bonchev–Trinajstić information content (AvgIpc) is 3.22. The molecule has 14 heteroatoms. The van der Waals surface area contributed by atoms with E-state index in [4.69, 9.17) is 19.5 Å². The van der Waals surface area contributed by atoms with E-state index in [1.807, 2.05) is 17.9 Å². The van der Waals surface area contributed by atoms with Gasteiger partial charge in [-0.2, -0.15) is 10.5 Å². The maximum Gasteiger partial charge on any atom is 0.337 e. The molecular formula is C44H59N7O6S. The molecule has 0 unspecified atom stereocenters. The molecule has 0 bridgehead atoms. The number of allylic oxidation sites excluding steroid dienone is 2. The lowest BCUT2D eigenvalue weighted by molar-refractivity contribution is -0.110. The molecule has 0 aromatic heterocycles. The van der Waals surface area contributed by atoms with Gasteiger partial charge in [-0.3, -0.25) is 4.79 Å². The lowest BCUT2D eigenvalue weighted by atomic mass is 10.0. The number of ether oxygens (including phenoxy) is 2. The summed E-state index contributed by atoms with van der Waals surface area (Å²) in [5, 5.41) is 21.3. The highest BCUT2D eigenvalue weighted by Gasteiger charge is 2.40. The molecule has 1 aliphatic heterocycles. The summed E-state index contributed by atoms with van der Waals surface area (Å²) in [5.74, 6) is -1.09. The van der Waals surface area contributed by atoms with Crippen molar-refractivity contribution in [1.82, 2.24) is 4.31 Å². The highest BCUT2D eigenvalue weighted by atomic mass is 32.2. The third-order valence-corrected chi connectivity index (χ3v) is 12.4. The minimum absolute atomic E-state index is 0.0138. The summed E-state index contributed by atoms with van der Waals surface area (Å²) in [6.45, 7) is 7.01. The van der Waals surface area contributed by atoms with E-state index in [2.05, 4.69) is 24.4 Å². The van der Waals surface area contributed by atoms with Crippen molar-refractivity contribution in [2.45, 2.75) is 124 Å². The van der Waals surface area contributed by atoms with E-state index in [1.165, 1.54) is 58.1 Å². The van der Waals surface area contributed by atoms with Gasteiger partial charge in [-0.25, -0.2) is 27.5 Å². The number of aryl methyl sites for hydroxylation is 1. The Bertz CT molecular complexity index is 2010. The molecule has 1 N–H and O–H groups in total. The fourth-order valence-electron chi connectivity index (χ4n) is 7.16. The highest BCUT2D eigenvalue weighted by molar-refractivity contribution is 7.93. The number of carbonyl (C=O) groups excluding carboxylic acids is 2. The van der Waals surface area contributed by atoms with E-state index in [-0.39, 0.29) is 47.1 Å². The second kappa shape index (κ2) is 23.3. The van der Waals surface area contributed by atoms with Crippen molar-refractivity contribution in [3.05, 3.63) is 58.1 Å². The quantitative estimate of drug-likeness (QED) is 0.0651. The Morgan fingerprint density at radius 1 is 0.914 bits per heavy atom. The van der Waals surface area contributed by atoms with Gasteiger partial charge in [-0.05, 0) is 87.9 Å². The summed E-state index contributed by atoms with van der Waals surface area (Å²) in [5.41, 5.74) is 2.44. The largest absolute Gasteiger partial charge is 0.491 e. The van der Waals surface area contributed by atoms with E-state index in [0.717, 1.165) is 42.1 Å². The van der Waals surface area contributed by atoms with E-state index in [1.54, 1.807) is 31.2 Å². The van der Waals surface area contributed by atoms with Gasteiger partial charge in [-0.15, -0.1) is 0 Å². The number of amides is 1. The van der Waals surface area contributed by atoms with E-state index >= 15 is 0 Å². The number of anilines is 2. The monoisotopic (exact) mass is 813 g/mol. The summed E-state index contributed by atoms with van der Waals surface area (Å²) >= 11 is 0. The first-order chi connectivity index (χ1) is 28.1. The molecule has 0 atom stereocenters. The van der Waals surface area contributed by atoms with Crippen LogP contribution in [0.4, 0.5) is 17.1 Å². The van der Waals surface area contributed by atoms with Crippen LogP contribution in [0.5, 0.6) is 5.75 Å². The molecule has 2 aliphatic rings. The average molecular weight is 814 g/mol. The zero-order valence-corrected chi connectivity index (χ0v) is 35.5. The maximum atomic E-state index is 14.6. The van der Waals surface area contributed by atoms with Crippen molar-refractivity contribution in [3.8, 4) is 17.9 Å². The zero-order valence-electron chi connectivity index (χ0n) is 34.6. The van der Waals surface area contributed by atoms with Crippen molar-refractivity contribution in [2.24, 2.45) is 9.98 Å². The van der Waals surface area contributed by atoms with Crippen molar-refractivity contribution in [2.75, 3.05) is 43.6 Å². The van der Waals surface area contributed by atoms with E-state index in [9.17, 15) is 28.5 Å². The molecule has 312 valence electrons. The number of methoxy groups -OCH3 is 1. The second-order valence-electron chi connectivity index (χ2n) is 14.6. The molecule has 58 heavy (non-hydrogen) atoms. The molecule has 0 saturated carbocycles. The van der Waals surface area contributed by atoms with Crippen LogP contribution in [0.2, 0.25) is 0 Å². The minimum atomic E-state index is -4.00. The fraction of sp³-hybridized carbons (Fsp3) is 0.545. The van der Waals surface area contributed by atoms with Crippen LogP contribution in [0, 0.1) is 29.6 Å². The fourth-order valence-corrected chi connectivity index (χ4v) is 8.96. The maximum absolute atomic E-state index is 14.6. The molecule has 1 heterocycles. The molecule has 1 aliphatic carbocycles. The molecule has 0 saturated heterocycles. The van der Waals surface area contributed by atoms with Crippen molar-refractivity contribution in [1.29, 1.82) is 10.5 Å². The number of nitrogens with zero attached hydrogens (tertiary/aromatic N) is 6. The van der Waals surface area contributed by atoms with Gasteiger partial charge in [0.2, 0.25) is 0 Å². The summed E-state index contributed by atoms with van der Waals surface area (Å²) in [6, 6.07) is 14.3. The molecule has 2 aromatic carbocycles. The van der Waals surface area contributed by atoms with Crippen molar-refractivity contribution in [3.63, 3.8) is 0 Å². The number of amidine groups is 1. The van der Waals surface area contributed by atoms with Crippen LogP contribution in [0.1, 0.15) is 133 Å². The van der Waals surface area contributed by atoms with Crippen LogP contribution in [-0.4, -0.2) is 69.5 Å². The molecule has 4 rings (SSSR count). The summed E-state index contributed by atoms with van der Waals surface area (Å²) in [4.78, 5) is 39.1. The van der Waals surface area contributed by atoms with Crippen LogP contribution < -0.4 is 15.0 Å². The van der Waals surface area contributed by atoms with Gasteiger partial charge >= 0.3 is 5.97 Å². The summed E-state index contributed by atoms with van der Waals surface area (Å²) in [6.07, 6.45) is 14.6. The van der Waals surface area contributed by atoms with Crippen molar-refractivity contribution < 1.29 is 27.5 Å². The number of nitrogens with one attached hydrogen (secondary N) is 1. The molecule has 0 fully saturated rings. The van der Waals surface area contributed by atoms with E-state index in [0.29, 0.717) is 55.2 Å². The lowest BCUT2D eigenvalue weighted by Crippen LogP contribution is -2.47. The number of esters is 1. The van der Waals surface area contributed by atoms with Gasteiger partial charge in [-0.1, -0.05) is 64.7 Å². The van der Waals surface area contributed by atoms with E-state index < -0.39 is 21.9 Å². The predicted molar refractivity (Wildman–Crippen MR) is 229 cm³/mol. The number of benzene rings is 2. The molecule has 0 spiro atoms. The minimum Gasteiger partial charge on any atom is -0.491 e. The molecule has 13 nitrogen and oxygen atoms in total. The molecular weight excluding hydrogens is 755 g/mol. The van der Waals surface area contributed by atoms with Crippen LogP contribution in [0.3, 0.4) is 0 Å². The predicted octanol–water partition coefficient (Wildman–Crippen LogP) is 9.28. The van der Waals surface area contributed by atoms with Crippen LogP contribution in [0.25, 0.3) is 0 Å². The lowest BCUT2D eigenvalue weighted by Gasteiger charge is -2.32. The number of hydrogen-bond donors (Lipinski definition) is 1. The SMILES string of the molecule is CCCCCCCCCCCCOc1ccc(C(=O)OC)cc1NC(=O)/C(=N\c1ccc(N(CCC#N)CCC#N)cc1C)C1=NC2=C(CCCC2)S(=O)(=O)N1CC. The Morgan fingerprint density at radius 3 is 2.19 bits per heavy atom. The van der Waals surface area contributed by atoms with Gasteiger partial charge in [0, 0.05) is 25.3 Å². The number of unbranched alkanes of at least 4 members (excludes halogenated alkanes) is 9. The smallest absolute Gasteiger partial charge is 0.337 e. The molecule has 1 amide bonds. The number of aliphatic imine (C=N–C) groups is 2. The van der Waals surface area contributed by atoms with Crippen LogP contribution in [0.15, 0.2) is 57.0 Å². The van der Waals surface area contributed by atoms with Crippen LogP contribution >= 0.6 is 0 Å². The Morgan fingerprint density at radius 2 is 1.57 bits per heavy atom. The molecule has 2 aromatic rings. The van der Waals surface area contributed by atoms with Gasteiger partial charge in [0.1, 0.15) is 5.75 Å². The Labute approximate surface area is 344 Å². The van der Waals surface area contributed by atoms with Gasteiger partial charge in [0.05, 0.1) is 66.2 Å². The highest BCUT2D eigenvalue weighted by Crippen LogP contribution is 2.36. The Balaban J connectivity index is 1.69. The first kappa shape index (κ1) is 45.5. The standard InChI is InChI=1S/C44H59N7O6S/c1-5-7-8-9-10-11-12-13-14-17-30-57-39-25-22-34(44(53)56-4)32-38(39)49-43(52)41(42-48-37-20-15-16-21-40(37)58(54,55)51(42)6-2)47-36-24-23-35(31-33(36)3)50(28-18-26-45)29-19-27-46/h22-25,31-32H,5-21,28-30H2,1-4H3,(H,49,52)/b47-41-. The first-order valence-electron chi connectivity index (χ1n) is 20.8. The van der Waals surface area contributed by atoms with Gasteiger partial charge in [0.15, 0.2) is 11.5 Å².